The van der Waals surface area contributed by atoms with E-state index in [9.17, 15) is 9.59 Å². The minimum absolute atomic E-state index is 0.0194. The van der Waals surface area contributed by atoms with Gasteiger partial charge in [0.2, 0.25) is 11.7 Å². The van der Waals surface area contributed by atoms with Gasteiger partial charge in [0.05, 0.1) is 30.0 Å². The smallest absolute Gasteiger partial charge is 0.295 e. The van der Waals surface area contributed by atoms with Crippen LogP contribution in [0, 0.1) is 17.3 Å². The van der Waals surface area contributed by atoms with Crippen molar-refractivity contribution in [2.45, 2.75) is 58.1 Å². The number of ether oxygens (including phenoxy) is 1. The van der Waals surface area contributed by atoms with Gasteiger partial charge in [0, 0.05) is 13.0 Å². The van der Waals surface area contributed by atoms with Crippen LogP contribution in [0.3, 0.4) is 0 Å². The number of rotatable bonds is 6. The molecule has 7 heteroatoms. The minimum atomic E-state index is -0.178. The van der Waals surface area contributed by atoms with Crippen LogP contribution >= 0.6 is 0 Å². The Balaban J connectivity index is 1.38. The lowest BCUT2D eigenvalue weighted by molar-refractivity contribution is -0.126. The van der Waals surface area contributed by atoms with E-state index in [-0.39, 0.29) is 22.7 Å². The lowest BCUT2D eigenvalue weighted by Crippen LogP contribution is -2.41. The first-order valence-electron chi connectivity index (χ1n) is 9.44. The summed E-state index contributed by atoms with van der Waals surface area (Å²) >= 11 is 0. The second kappa shape index (κ2) is 5.56. The lowest BCUT2D eigenvalue weighted by Gasteiger charge is -2.22. The zero-order chi connectivity index (χ0) is 17.0. The molecule has 0 spiro atoms. The maximum Gasteiger partial charge on any atom is 0.295 e. The van der Waals surface area contributed by atoms with Crippen molar-refractivity contribution >= 4 is 11.7 Å². The normalized spacial score (nSPS) is 23.7. The van der Waals surface area contributed by atoms with Crippen molar-refractivity contribution in [3.63, 3.8) is 0 Å². The molecule has 3 saturated carbocycles. The van der Waals surface area contributed by atoms with Crippen LogP contribution in [0.25, 0.3) is 0 Å². The highest BCUT2D eigenvalue weighted by atomic mass is 16.5. The maximum atomic E-state index is 12.9. The van der Waals surface area contributed by atoms with Crippen LogP contribution in [0.15, 0.2) is 4.79 Å². The molecule has 134 valence electrons. The Labute approximate surface area is 146 Å². The predicted molar refractivity (Wildman–Crippen MR) is 90.7 cm³/mol. The van der Waals surface area contributed by atoms with Gasteiger partial charge in [-0.1, -0.05) is 0 Å². The van der Waals surface area contributed by atoms with Gasteiger partial charge in [0.25, 0.3) is 5.56 Å². The number of carbonyl (C=O) groups excluding carboxylic acids is 1. The van der Waals surface area contributed by atoms with Crippen LogP contribution in [0.2, 0.25) is 0 Å². The summed E-state index contributed by atoms with van der Waals surface area (Å²) in [5.41, 5.74) is 7.08. The third kappa shape index (κ3) is 2.74. The molecule has 25 heavy (non-hydrogen) atoms. The van der Waals surface area contributed by atoms with Gasteiger partial charge in [-0.3, -0.25) is 20.4 Å². The third-order valence-electron chi connectivity index (χ3n) is 6.11. The van der Waals surface area contributed by atoms with Crippen LogP contribution in [-0.4, -0.2) is 22.1 Å². The van der Waals surface area contributed by atoms with Gasteiger partial charge in [-0.25, -0.2) is 4.98 Å². The molecule has 1 aromatic rings. The molecule has 2 heterocycles. The molecule has 1 aromatic heterocycles. The number of nitrogens with one attached hydrogen (secondary N) is 2. The molecule has 1 amide bonds. The van der Waals surface area contributed by atoms with Gasteiger partial charge >= 0.3 is 0 Å². The zero-order valence-electron chi connectivity index (χ0n) is 14.3. The number of hydrazine groups is 1. The van der Waals surface area contributed by atoms with E-state index < -0.39 is 0 Å². The maximum absolute atomic E-state index is 12.9. The molecular formula is C18H24N4O3. The largest absolute Gasteiger partial charge is 0.375 e. The Morgan fingerprint density at radius 2 is 2.08 bits per heavy atom. The molecule has 3 fully saturated rings. The molecule has 1 aliphatic heterocycles. The van der Waals surface area contributed by atoms with E-state index in [0.29, 0.717) is 31.5 Å². The van der Waals surface area contributed by atoms with Gasteiger partial charge in [-0.05, 0) is 50.4 Å². The quantitative estimate of drug-likeness (QED) is 0.761. The summed E-state index contributed by atoms with van der Waals surface area (Å²) in [6.45, 7) is 1.79. The average molecular weight is 344 g/mol. The highest BCUT2D eigenvalue weighted by molar-refractivity contribution is 5.86. The predicted octanol–water partition coefficient (Wildman–Crippen LogP) is 1.36. The first-order valence-corrected chi connectivity index (χ1v) is 9.44. The molecule has 5 rings (SSSR count). The van der Waals surface area contributed by atoms with Gasteiger partial charge < -0.3 is 9.30 Å². The van der Waals surface area contributed by atoms with Crippen LogP contribution < -0.4 is 16.4 Å². The van der Waals surface area contributed by atoms with Crippen LogP contribution in [0.4, 0.5) is 5.82 Å². The number of hydrogen-bond acceptors (Lipinski definition) is 5. The summed E-state index contributed by atoms with van der Waals surface area (Å²) in [7, 11) is 0. The molecule has 0 aromatic carbocycles. The number of hydrogen-bond donors (Lipinski definition) is 2. The summed E-state index contributed by atoms with van der Waals surface area (Å²) in [6, 6.07) is 0. The molecule has 0 bridgehead atoms. The molecule has 0 unspecified atom stereocenters. The fourth-order valence-corrected chi connectivity index (χ4v) is 4.02. The van der Waals surface area contributed by atoms with Gasteiger partial charge in [-0.15, -0.1) is 0 Å². The number of carbonyl (C=O) groups is 1. The zero-order valence-corrected chi connectivity index (χ0v) is 14.3. The van der Waals surface area contributed by atoms with Crippen molar-refractivity contribution in [1.29, 1.82) is 0 Å². The summed E-state index contributed by atoms with van der Waals surface area (Å²) in [6.07, 6.45) is 7.28. The van der Waals surface area contributed by atoms with E-state index >= 15 is 0 Å². The molecule has 3 aliphatic carbocycles. The fraction of sp³-hybridized carbons (Fsp3) is 0.722. The van der Waals surface area contributed by atoms with E-state index in [1.54, 1.807) is 4.57 Å². The highest BCUT2D eigenvalue weighted by Gasteiger charge is 2.59. The van der Waals surface area contributed by atoms with E-state index in [4.69, 9.17) is 4.74 Å². The average Bonchev–Trinajstić information content (AvgIpc) is 3.48. The topological polar surface area (TPSA) is 85.3 Å². The van der Waals surface area contributed by atoms with Crippen LogP contribution in [-0.2, 0) is 29.1 Å². The molecule has 4 aliphatic rings. The van der Waals surface area contributed by atoms with Gasteiger partial charge in [0.15, 0.2) is 0 Å². The molecule has 0 atom stereocenters. The van der Waals surface area contributed by atoms with E-state index in [1.807, 2.05) is 0 Å². The second-order valence-electron chi connectivity index (χ2n) is 8.03. The molecule has 0 saturated heterocycles. The first kappa shape index (κ1) is 15.4. The van der Waals surface area contributed by atoms with Crippen molar-refractivity contribution < 1.29 is 9.53 Å². The number of nitrogens with zero attached hydrogens (tertiary/aromatic N) is 2. The van der Waals surface area contributed by atoms with E-state index in [0.717, 1.165) is 43.6 Å². The van der Waals surface area contributed by atoms with Gasteiger partial charge in [-0.2, -0.15) is 0 Å². The van der Waals surface area contributed by atoms with Gasteiger partial charge in [0.1, 0.15) is 0 Å². The third-order valence-corrected chi connectivity index (χ3v) is 6.11. The van der Waals surface area contributed by atoms with Crippen molar-refractivity contribution in [2.75, 3.05) is 12.0 Å². The first-order chi connectivity index (χ1) is 12.2. The Bertz CT molecular complexity index is 775. The standard InChI is InChI=1S/C18H24N4O3/c23-16-15(20-21-17(24)18(6-7-18)12-3-4-12)19-13-5-8-25-10-14(13)22(16)9-11-1-2-11/h11-12H,1-10H2,(H,19,20)(H,21,24). The van der Waals surface area contributed by atoms with Crippen LogP contribution in [0.5, 0.6) is 0 Å². The van der Waals surface area contributed by atoms with Crippen molar-refractivity contribution in [3.8, 4) is 0 Å². The van der Waals surface area contributed by atoms with Crippen molar-refractivity contribution in [1.82, 2.24) is 15.0 Å². The summed E-state index contributed by atoms with van der Waals surface area (Å²) < 4.78 is 7.33. The Kier molecular flexibility index (Phi) is 3.42. The van der Waals surface area contributed by atoms with E-state index in [2.05, 4.69) is 15.8 Å². The Hall–Kier alpha value is -1.89. The molecule has 0 radical (unpaired) electrons. The SMILES string of the molecule is O=C(NNc1nc2c(n(CC3CC3)c1=O)COCC2)C1(C2CC2)CC1. The molecule has 7 nitrogen and oxygen atoms in total. The number of aromatic nitrogens is 2. The lowest BCUT2D eigenvalue weighted by atomic mass is 10.0. The molecule has 2 N–H and O–H groups in total. The number of amides is 1. The Morgan fingerprint density at radius 3 is 2.76 bits per heavy atom. The molecular weight excluding hydrogens is 320 g/mol. The summed E-state index contributed by atoms with van der Waals surface area (Å²) in [5.74, 6) is 1.37. The monoisotopic (exact) mass is 344 g/mol. The highest BCUT2D eigenvalue weighted by Crippen LogP contribution is 2.61. The van der Waals surface area contributed by atoms with E-state index in [1.165, 1.54) is 12.8 Å². The van der Waals surface area contributed by atoms with Crippen molar-refractivity contribution in [3.05, 3.63) is 21.7 Å². The minimum Gasteiger partial charge on any atom is -0.375 e. The van der Waals surface area contributed by atoms with Crippen molar-refractivity contribution in [2.24, 2.45) is 17.3 Å². The number of fused-ring (bicyclic) bond motifs is 1. The van der Waals surface area contributed by atoms with Crippen LogP contribution in [0.1, 0.15) is 49.9 Å². The summed E-state index contributed by atoms with van der Waals surface area (Å²) in [5, 5.41) is 0. The second-order valence-corrected chi connectivity index (χ2v) is 8.03. The fourth-order valence-electron chi connectivity index (χ4n) is 4.02. The Morgan fingerprint density at radius 1 is 1.28 bits per heavy atom. The number of anilines is 1. The summed E-state index contributed by atoms with van der Waals surface area (Å²) in [4.78, 5) is 29.9.